The van der Waals surface area contributed by atoms with Crippen molar-refractivity contribution < 1.29 is 13.2 Å². The normalized spacial score (nSPS) is 15.1. The molecule has 0 aliphatic carbocycles. The molecule has 1 aromatic heterocycles. The van der Waals surface area contributed by atoms with Crippen LogP contribution in [-0.2, 0) is 14.8 Å². The van der Waals surface area contributed by atoms with E-state index in [0.29, 0.717) is 17.0 Å². The predicted molar refractivity (Wildman–Crippen MR) is 132 cm³/mol. The van der Waals surface area contributed by atoms with Crippen LogP contribution >= 0.6 is 0 Å². The molecule has 168 valence electrons. The number of carbonyl (C=O) groups excluding carboxylic acids is 1. The lowest BCUT2D eigenvalue weighted by molar-refractivity contribution is -0.114. The number of hydrazone groups is 1. The van der Waals surface area contributed by atoms with Crippen molar-refractivity contribution in [1.29, 1.82) is 0 Å². The number of hydrogen-bond donors (Lipinski definition) is 1. The number of benzene rings is 3. The molecule has 3 aromatic carbocycles. The highest BCUT2D eigenvalue weighted by molar-refractivity contribution is 7.89. The first-order valence-electron chi connectivity index (χ1n) is 10.5. The van der Waals surface area contributed by atoms with E-state index in [1.807, 2.05) is 83.6 Å². The van der Waals surface area contributed by atoms with Crippen LogP contribution in [0.25, 0.3) is 11.8 Å². The van der Waals surface area contributed by atoms with Crippen molar-refractivity contribution >= 4 is 33.4 Å². The number of rotatable bonds is 5. The van der Waals surface area contributed by atoms with Crippen LogP contribution < -0.4 is 10.1 Å². The van der Waals surface area contributed by atoms with E-state index in [-0.39, 0.29) is 10.8 Å². The molecule has 1 aliphatic heterocycles. The average molecular weight is 469 g/mol. The van der Waals surface area contributed by atoms with Crippen molar-refractivity contribution in [3.63, 3.8) is 0 Å². The number of para-hydroxylation sites is 1. The van der Waals surface area contributed by atoms with E-state index >= 15 is 0 Å². The maximum absolute atomic E-state index is 13.5. The molecule has 0 fully saturated rings. The number of primary sulfonamides is 1. The number of hydrogen-bond acceptors (Lipinski definition) is 4. The fourth-order valence-electron chi connectivity index (χ4n) is 3.79. The Kier molecular flexibility index (Phi) is 5.45. The summed E-state index contributed by atoms with van der Waals surface area (Å²) in [6.07, 6.45) is 3.64. The Morgan fingerprint density at radius 2 is 1.41 bits per heavy atom. The van der Waals surface area contributed by atoms with Crippen LogP contribution in [0.15, 0.2) is 119 Å². The van der Waals surface area contributed by atoms with Gasteiger partial charge in [-0.15, -0.1) is 0 Å². The lowest BCUT2D eigenvalue weighted by Crippen LogP contribution is -2.21. The van der Waals surface area contributed by atoms with Crippen molar-refractivity contribution in [3.8, 4) is 5.69 Å². The van der Waals surface area contributed by atoms with E-state index in [1.165, 1.54) is 17.1 Å². The molecule has 8 heteroatoms. The van der Waals surface area contributed by atoms with Crippen molar-refractivity contribution in [2.24, 2.45) is 10.2 Å². The third kappa shape index (κ3) is 4.07. The number of anilines is 1. The highest BCUT2D eigenvalue weighted by Crippen LogP contribution is 2.28. The van der Waals surface area contributed by atoms with Gasteiger partial charge in [-0.1, -0.05) is 48.5 Å². The van der Waals surface area contributed by atoms with Crippen LogP contribution in [0.2, 0.25) is 0 Å². The lowest BCUT2D eigenvalue weighted by atomic mass is 10.0. The van der Waals surface area contributed by atoms with Gasteiger partial charge in [0.1, 0.15) is 5.71 Å². The van der Waals surface area contributed by atoms with Crippen molar-refractivity contribution in [1.82, 2.24) is 4.57 Å². The van der Waals surface area contributed by atoms with E-state index in [0.717, 1.165) is 16.9 Å². The summed E-state index contributed by atoms with van der Waals surface area (Å²) in [4.78, 5) is 13.5. The Morgan fingerprint density at radius 1 is 0.765 bits per heavy atom. The first-order chi connectivity index (χ1) is 16.4. The highest BCUT2D eigenvalue weighted by atomic mass is 32.2. The van der Waals surface area contributed by atoms with Crippen LogP contribution in [0.4, 0.5) is 5.69 Å². The molecule has 2 N–H and O–H groups in total. The molecule has 0 atom stereocenters. The van der Waals surface area contributed by atoms with Gasteiger partial charge in [0.2, 0.25) is 10.0 Å². The molecule has 0 saturated carbocycles. The zero-order valence-corrected chi connectivity index (χ0v) is 18.8. The van der Waals surface area contributed by atoms with Crippen LogP contribution in [0, 0.1) is 0 Å². The minimum atomic E-state index is -3.78. The second kappa shape index (κ2) is 8.58. The van der Waals surface area contributed by atoms with Gasteiger partial charge in [-0.3, -0.25) is 4.79 Å². The van der Waals surface area contributed by atoms with Crippen molar-refractivity contribution in [2.45, 2.75) is 4.90 Å². The standard InChI is InChI=1S/C26H20N4O3S/c27-34(32,33)23-15-13-20(14-16-23)29-17-7-12-22(29)18-24-25(19-8-3-1-4-9-19)28-30(26(24)31)21-10-5-2-6-11-21/h1-18H,(H2,27,32,33)/b24-18+. The molecule has 0 saturated heterocycles. The zero-order chi connectivity index (χ0) is 23.7. The summed E-state index contributed by atoms with van der Waals surface area (Å²) in [5.41, 5.74) is 4.01. The van der Waals surface area contributed by atoms with E-state index in [4.69, 9.17) is 5.14 Å². The van der Waals surface area contributed by atoms with Gasteiger partial charge >= 0.3 is 0 Å². The topological polar surface area (TPSA) is 97.8 Å². The van der Waals surface area contributed by atoms with Crippen LogP contribution in [0.1, 0.15) is 11.3 Å². The number of amides is 1. The summed E-state index contributed by atoms with van der Waals surface area (Å²) >= 11 is 0. The number of sulfonamides is 1. The van der Waals surface area contributed by atoms with Gasteiger partial charge in [-0.2, -0.15) is 10.1 Å². The number of nitrogens with zero attached hydrogens (tertiary/aromatic N) is 3. The Labute approximate surface area is 197 Å². The summed E-state index contributed by atoms with van der Waals surface area (Å²) in [7, 11) is -3.78. The van der Waals surface area contributed by atoms with E-state index in [9.17, 15) is 13.2 Å². The third-order valence-electron chi connectivity index (χ3n) is 5.44. The first kappa shape index (κ1) is 21.6. The molecule has 2 heterocycles. The SMILES string of the molecule is NS(=O)(=O)c1ccc(-n2cccc2/C=C2/C(=O)N(c3ccccc3)N=C2c2ccccc2)cc1. The molecule has 0 bridgehead atoms. The largest absolute Gasteiger partial charge is 0.317 e. The molecule has 34 heavy (non-hydrogen) atoms. The summed E-state index contributed by atoms with van der Waals surface area (Å²) in [5.74, 6) is -0.234. The molecular weight excluding hydrogens is 448 g/mol. The van der Waals surface area contributed by atoms with Gasteiger partial charge in [0, 0.05) is 23.1 Å². The molecular formula is C26H20N4O3S. The average Bonchev–Trinajstić information content (AvgIpc) is 3.45. The second-order valence-corrected chi connectivity index (χ2v) is 9.23. The monoisotopic (exact) mass is 468 g/mol. The van der Waals surface area contributed by atoms with Gasteiger partial charge in [-0.25, -0.2) is 13.6 Å². The van der Waals surface area contributed by atoms with Gasteiger partial charge in [0.25, 0.3) is 5.91 Å². The quantitative estimate of drug-likeness (QED) is 0.449. The minimum absolute atomic E-state index is 0.0336. The van der Waals surface area contributed by atoms with Crippen LogP contribution in [-0.4, -0.2) is 24.6 Å². The second-order valence-electron chi connectivity index (χ2n) is 7.67. The highest BCUT2D eigenvalue weighted by Gasteiger charge is 2.32. The molecule has 7 nitrogen and oxygen atoms in total. The van der Waals surface area contributed by atoms with Gasteiger partial charge in [-0.05, 0) is 54.6 Å². The predicted octanol–water partition coefficient (Wildman–Crippen LogP) is 3.96. The van der Waals surface area contributed by atoms with Crippen LogP contribution in [0.3, 0.4) is 0 Å². The molecule has 0 unspecified atom stereocenters. The molecule has 1 amide bonds. The summed E-state index contributed by atoms with van der Waals surface area (Å²) in [6, 6.07) is 28.8. The zero-order valence-electron chi connectivity index (χ0n) is 17.9. The van der Waals surface area contributed by atoms with Crippen LogP contribution in [0.5, 0.6) is 0 Å². The van der Waals surface area contributed by atoms with E-state index < -0.39 is 10.0 Å². The lowest BCUT2D eigenvalue weighted by Gasteiger charge is -2.11. The number of carbonyl (C=O) groups is 1. The van der Waals surface area contributed by atoms with Crippen molar-refractivity contribution in [3.05, 3.63) is 120 Å². The van der Waals surface area contributed by atoms with E-state index in [2.05, 4.69) is 5.10 Å². The minimum Gasteiger partial charge on any atom is -0.317 e. The number of nitrogens with two attached hydrogens (primary N) is 1. The van der Waals surface area contributed by atoms with Gasteiger partial charge in [0.05, 0.1) is 16.2 Å². The molecule has 1 aliphatic rings. The molecule has 0 radical (unpaired) electrons. The molecule has 5 rings (SSSR count). The Balaban J connectivity index is 1.59. The summed E-state index contributed by atoms with van der Waals surface area (Å²) in [6.45, 7) is 0. The summed E-state index contributed by atoms with van der Waals surface area (Å²) in [5, 5.41) is 11.3. The fourth-order valence-corrected chi connectivity index (χ4v) is 4.30. The Morgan fingerprint density at radius 3 is 2.06 bits per heavy atom. The summed E-state index contributed by atoms with van der Waals surface area (Å²) < 4.78 is 25.0. The van der Waals surface area contributed by atoms with Gasteiger partial charge < -0.3 is 4.57 Å². The van der Waals surface area contributed by atoms with Crippen molar-refractivity contribution in [2.75, 3.05) is 5.01 Å². The Bertz CT molecular complexity index is 1520. The van der Waals surface area contributed by atoms with Gasteiger partial charge in [0.15, 0.2) is 0 Å². The van der Waals surface area contributed by atoms with E-state index in [1.54, 1.807) is 18.2 Å². The smallest absolute Gasteiger partial charge is 0.281 e. The molecule has 0 spiro atoms. The fraction of sp³-hybridized carbons (Fsp3) is 0. The molecule has 4 aromatic rings. The Hall–Kier alpha value is -4.27. The maximum atomic E-state index is 13.5. The first-order valence-corrected chi connectivity index (χ1v) is 12.0. The maximum Gasteiger partial charge on any atom is 0.281 e. The third-order valence-corrected chi connectivity index (χ3v) is 6.37. The number of aromatic nitrogens is 1.